The van der Waals surface area contributed by atoms with E-state index in [0.717, 1.165) is 10.9 Å². The number of aliphatic hydroxyl groups is 1. The summed E-state index contributed by atoms with van der Waals surface area (Å²) in [4.78, 5) is 42.5. The van der Waals surface area contributed by atoms with Crippen LogP contribution in [0.4, 0.5) is 0 Å². The number of ether oxygens (including phenoxy) is 3. The van der Waals surface area contributed by atoms with Crippen molar-refractivity contribution in [2.24, 2.45) is 5.73 Å². The monoisotopic (exact) mass is 479 g/mol. The van der Waals surface area contributed by atoms with Crippen molar-refractivity contribution >= 4 is 22.8 Å². The number of carbonyl (C=O) groups is 2. The number of pyridine rings is 2. The molecule has 4 heterocycles. The van der Waals surface area contributed by atoms with Crippen molar-refractivity contribution in [3.8, 4) is 17.1 Å². The summed E-state index contributed by atoms with van der Waals surface area (Å²) in [7, 11) is 2.82. The number of nitrogens with two attached hydrogens (primary N) is 1. The van der Waals surface area contributed by atoms with Gasteiger partial charge >= 0.3 is 11.9 Å². The normalized spacial score (nSPS) is 18.9. The molecular formula is C25H25N3O7. The van der Waals surface area contributed by atoms with E-state index in [4.69, 9.17) is 24.9 Å². The van der Waals surface area contributed by atoms with Crippen LogP contribution < -0.4 is 16.0 Å². The van der Waals surface area contributed by atoms with Crippen LogP contribution in [0.2, 0.25) is 0 Å². The molecule has 0 fully saturated rings. The Bertz CT molecular complexity index is 1460. The zero-order valence-corrected chi connectivity index (χ0v) is 19.6. The number of fused-ring (bicyclic) bond motifs is 5. The quantitative estimate of drug-likeness (QED) is 0.403. The first-order valence-corrected chi connectivity index (χ1v) is 11.2. The van der Waals surface area contributed by atoms with E-state index < -0.39 is 23.6 Å². The van der Waals surface area contributed by atoms with Gasteiger partial charge in [-0.1, -0.05) is 6.92 Å². The number of aromatic nitrogens is 2. The van der Waals surface area contributed by atoms with Gasteiger partial charge < -0.3 is 29.6 Å². The van der Waals surface area contributed by atoms with E-state index in [1.165, 1.54) is 14.2 Å². The summed E-state index contributed by atoms with van der Waals surface area (Å²) >= 11 is 0. The summed E-state index contributed by atoms with van der Waals surface area (Å²) < 4.78 is 17.0. The molecule has 2 aliphatic heterocycles. The highest BCUT2D eigenvalue weighted by atomic mass is 16.6. The predicted molar refractivity (Wildman–Crippen MR) is 125 cm³/mol. The van der Waals surface area contributed by atoms with Crippen molar-refractivity contribution in [3.63, 3.8) is 0 Å². The van der Waals surface area contributed by atoms with Crippen LogP contribution in [0.15, 0.2) is 29.1 Å². The molecule has 10 heteroatoms. The van der Waals surface area contributed by atoms with Crippen LogP contribution in [0.5, 0.6) is 5.75 Å². The molecule has 1 aromatic carbocycles. The van der Waals surface area contributed by atoms with Crippen LogP contribution in [0.25, 0.3) is 22.3 Å². The van der Waals surface area contributed by atoms with Crippen molar-refractivity contribution in [3.05, 3.63) is 56.9 Å². The van der Waals surface area contributed by atoms with Gasteiger partial charge in [0.1, 0.15) is 18.4 Å². The highest BCUT2D eigenvalue weighted by Crippen LogP contribution is 2.39. The molecule has 0 radical (unpaired) electrons. The Morgan fingerprint density at radius 2 is 2.09 bits per heavy atom. The number of cyclic esters (lactones) is 1. The number of esters is 2. The first kappa shape index (κ1) is 23.0. The molecule has 35 heavy (non-hydrogen) atoms. The lowest BCUT2D eigenvalue weighted by Crippen LogP contribution is -2.44. The minimum absolute atomic E-state index is 0.0728. The maximum atomic E-state index is 13.3. The van der Waals surface area contributed by atoms with Gasteiger partial charge in [0, 0.05) is 28.5 Å². The number of hydrogen-bond donors (Lipinski definition) is 2. The zero-order chi connectivity index (χ0) is 25.1. The first-order chi connectivity index (χ1) is 16.7. The van der Waals surface area contributed by atoms with Crippen LogP contribution in [0, 0.1) is 0 Å². The van der Waals surface area contributed by atoms with Crippen LogP contribution in [-0.2, 0) is 44.2 Å². The maximum Gasteiger partial charge on any atom is 0.343 e. The highest BCUT2D eigenvalue weighted by Gasteiger charge is 2.45. The minimum atomic E-state index is -1.88. The Morgan fingerprint density at radius 1 is 1.31 bits per heavy atom. The molecule has 0 amide bonds. The molecule has 0 saturated heterocycles. The van der Waals surface area contributed by atoms with E-state index in [1.807, 2.05) is 6.07 Å². The second-order valence-corrected chi connectivity index (χ2v) is 8.75. The largest absolute Gasteiger partial charge is 0.496 e. The third kappa shape index (κ3) is 3.32. The SMILES string of the molecule is CC[C@@]1(O)C(=O)OCc2c1cc1n(c2=O)Cc2cc3c(CC(N)C(=O)OC)c(OC)ccc3nc2-1. The average molecular weight is 479 g/mol. The lowest BCUT2D eigenvalue weighted by Gasteiger charge is -2.31. The number of carbonyl (C=O) groups excluding carboxylic acids is 2. The van der Waals surface area contributed by atoms with Gasteiger partial charge in [0.2, 0.25) is 0 Å². The van der Waals surface area contributed by atoms with E-state index in [-0.39, 0.29) is 42.7 Å². The first-order valence-electron chi connectivity index (χ1n) is 11.2. The summed E-state index contributed by atoms with van der Waals surface area (Å²) in [5.41, 5.74) is 7.58. The standard InChI is InChI=1S/C25H25N3O7/c1-4-25(32)16-9-19-21-12(10-28(19)22(29)15(16)11-35-24(25)31)7-13-14(8-17(26)23(30)34-3)20(33-2)6-5-18(13)27-21/h5-7,9,17,32H,4,8,10-11,26H2,1-3H3/t17?,25-/m0/s1. The number of benzene rings is 1. The number of nitrogens with zero attached hydrogens (tertiary/aromatic N) is 2. The van der Waals surface area contributed by atoms with Crippen molar-refractivity contribution in [1.82, 2.24) is 9.55 Å². The smallest absolute Gasteiger partial charge is 0.343 e. The van der Waals surface area contributed by atoms with E-state index in [0.29, 0.717) is 28.2 Å². The van der Waals surface area contributed by atoms with Crippen LogP contribution in [0.1, 0.15) is 35.6 Å². The molecule has 5 rings (SSSR count). The van der Waals surface area contributed by atoms with Crippen molar-refractivity contribution in [2.45, 2.75) is 44.6 Å². The second-order valence-electron chi connectivity index (χ2n) is 8.75. The highest BCUT2D eigenvalue weighted by molar-refractivity contribution is 5.90. The Kier molecular flexibility index (Phi) is 5.37. The molecule has 0 bridgehead atoms. The van der Waals surface area contributed by atoms with Crippen molar-refractivity contribution < 1.29 is 28.9 Å². The third-order valence-corrected chi connectivity index (χ3v) is 6.91. The fourth-order valence-corrected chi connectivity index (χ4v) is 4.95. The summed E-state index contributed by atoms with van der Waals surface area (Å²) in [6.45, 7) is 1.74. The summed E-state index contributed by atoms with van der Waals surface area (Å²) in [6, 6.07) is 6.24. The molecule has 2 aliphatic rings. The maximum absolute atomic E-state index is 13.3. The number of hydrogen-bond acceptors (Lipinski definition) is 9. The second kappa shape index (κ2) is 8.17. The molecule has 3 aromatic rings. The molecule has 0 aliphatic carbocycles. The van der Waals surface area contributed by atoms with Gasteiger partial charge in [-0.2, -0.15) is 0 Å². The van der Waals surface area contributed by atoms with Crippen LogP contribution in [0.3, 0.4) is 0 Å². The zero-order valence-electron chi connectivity index (χ0n) is 19.6. The molecule has 3 N–H and O–H groups in total. The van der Waals surface area contributed by atoms with Gasteiger partial charge in [0.15, 0.2) is 5.60 Å². The Labute approximate surface area is 200 Å². The number of methoxy groups -OCH3 is 2. The van der Waals surface area contributed by atoms with Crippen LogP contribution >= 0.6 is 0 Å². The molecule has 182 valence electrons. The average Bonchev–Trinajstić information content (AvgIpc) is 3.23. The Balaban J connectivity index is 1.69. The molecule has 0 saturated carbocycles. The molecule has 10 nitrogen and oxygen atoms in total. The van der Waals surface area contributed by atoms with Gasteiger partial charge in [0.25, 0.3) is 5.56 Å². The van der Waals surface area contributed by atoms with Gasteiger partial charge in [-0.3, -0.25) is 9.59 Å². The molecule has 0 spiro atoms. The van der Waals surface area contributed by atoms with E-state index in [9.17, 15) is 19.5 Å². The number of rotatable bonds is 5. The topological polar surface area (TPSA) is 143 Å². The molecule has 1 unspecified atom stereocenters. The third-order valence-electron chi connectivity index (χ3n) is 6.91. The van der Waals surface area contributed by atoms with Crippen molar-refractivity contribution in [1.29, 1.82) is 0 Å². The van der Waals surface area contributed by atoms with E-state index >= 15 is 0 Å². The van der Waals surface area contributed by atoms with Crippen LogP contribution in [-0.4, -0.2) is 46.9 Å². The fraction of sp³-hybridized carbons (Fsp3) is 0.360. The van der Waals surface area contributed by atoms with E-state index in [2.05, 4.69) is 0 Å². The Hall–Kier alpha value is -3.76. The lowest BCUT2D eigenvalue weighted by atomic mass is 9.86. The summed E-state index contributed by atoms with van der Waals surface area (Å²) in [6.07, 6.45) is 0.251. The van der Waals surface area contributed by atoms with Crippen molar-refractivity contribution in [2.75, 3.05) is 14.2 Å². The minimum Gasteiger partial charge on any atom is -0.496 e. The molecular weight excluding hydrogens is 454 g/mol. The van der Waals surface area contributed by atoms with Gasteiger partial charge in [0.05, 0.1) is 43.2 Å². The molecule has 2 atom stereocenters. The predicted octanol–water partition coefficient (Wildman–Crippen LogP) is 1.13. The lowest BCUT2D eigenvalue weighted by molar-refractivity contribution is -0.172. The van der Waals surface area contributed by atoms with Gasteiger partial charge in [-0.25, -0.2) is 9.78 Å². The summed E-state index contributed by atoms with van der Waals surface area (Å²) in [5.74, 6) is -0.742. The molecule has 2 aromatic heterocycles. The van der Waals surface area contributed by atoms with Gasteiger partial charge in [-0.05, 0) is 30.7 Å². The van der Waals surface area contributed by atoms with E-state index in [1.54, 1.807) is 29.7 Å². The Morgan fingerprint density at radius 3 is 2.77 bits per heavy atom. The fourth-order valence-electron chi connectivity index (χ4n) is 4.95. The summed E-state index contributed by atoms with van der Waals surface area (Å²) in [5, 5.41) is 11.8. The van der Waals surface area contributed by atoms with Gasteiger partial charge in [-0.15, -0.1) is 0 Å².